The first-order valence-electron chi connectivity index (χ1n) is 8.64. The molecule has 2 saturated heterocycles. The molecule has 0 saturated carbocycles. The summed E-state index contributed by atoms with van der Waals surface area (Å²) in [6, 6.07) is 8.41. The van der Waals surface area contributed by atoms with E-state index in [0.29, 0.717) is 18.4 Å². The van der Waals surface area contributed by atoms with Crippen LogP contribution in [0.15, 0.2) is 36.7 Å². The Kier molecular flexibility index (Phi) is 4.37. The van der Waals surface area contributed by atoms with Gasteiger partial charge in [0.25, 0.3) is 0 Å². The summed E-state index contributed by atoms with van der Waals surface area (Å²) in [6.45, 7) is 6.72. The molecule has 2 aromatic rings. The van der Waals surface area contributed by atoms with Gasteiger partial charge in [0.1, 0.15) is 0 Å². The van der Waals surface area contributed by atoms with Gasteiger partial charge in [0.05, 0.1) is 5.92 Å². The molecule has 2 aromatic heterocycles. The molecule has 0 radical (unpaired) electrons. The van der Waals surface area contributed by atoms with E-state index in [9.17, 15) is 4.79 Å². The van der Waals surface area contributed by atoms with Gasteiger partial charge in [-0.15, -0.1) is 11.3 Å². The third-order valence-electron chi connectivity index (χ3n) is 5.21. The number of piperidine rings is 1. The van der Waals surface area contributed by atoms with Crippen LogP contribution < -0.4 is 0 Å². The number of aromatic nitrogens is 1. The van der Waals surface area contributed by atoms with Crippen molar-refractivity contribution in [1.29, 1.82) is 0 Å². The second kappa shape index (κ2) is 6.65. The predicted molar refractivity (Wildman–Crippen MR) is 95.6 cm³/mol. The Morgan fingerprint density at radius 2 is 2.00 bits per heavy atom. The minimum Gasteiger partial charge on any atom is -0.338 e. The largest absolute Gasteiger partial charge is 0.338 e. The number of aryl methyl sites for hydroxylation is 1. The second-order valence-electron chi connectivity index (χ2n) is 6.98. The van der Waals surface area contributed by atoms with Crippen molar-refractivity contribution in [3.63, 3.8) is 0 Å². The van der Waals surface area contributed by atoms with Crippen LogP contribution in [0.1, 0.15) is 21.7 Å². The smallest absolute Gasteiger partial charge is 0.227 e. The van der Waals surface area contributed by atoms with Crippen LogP contribution in [0.3, 0.4) is 0 Å². The Balaban J connectivity index is 1.40. The third-order valence-corrected chi connectivity index (χ3v) is 6.20. The standard InChI is InChI=1S/C19H23N3OS/c1-14-2-3-17(24-14)12-21-11-16-6-9-22(19(23)18(16)13-21)10-15-4-7-20-8-5-15/h2-5,7-8,16,18H,6,9-13H2,1H3/t16-,18-/m1/s1. The van der Waals surface area contributed by atoms with Crippen LogP contribution in [-0.2, 0) is 17.9 Å². The van der Waals surface area contributed by atoms with Crippen molar-refractivity contribution >= 4 is 17.2 Å². The number of likely N-dealkylation sites (tertiary alicyclic amines) is 2. The van der Waals surface area contributed by atoms with E-state index in [1.165, 1.54) is 15.3 Å². The highest BCUT2D eigenvalue weighted by atomic mass is 32.1. The highest BCUT2D eigenvalue weighted by Gasteiger charge is 2.42. The lowest BCUT2D eigenvalue weighted by Crippen LogP contribution is -2.44. The molecule has 4 nitrogen and oxygen atoms in total. The van der Waals surface area contributed by atoms with Crippen LogP contribution in [0.2, 0.25) is 0 Å². The molecule has 0 bridgehead atoms. The normalized spacial score (nSPS) is 24.4. The van der Waals surface area contributed by atoms with E-state index in [1.807, 2.05) is 28.4 Å². The first-order chi connectivity index (χ1) is 11.7. The van der Waals surface area contributed by atoms with Gasteiger partial charge in [-0.1, -0.05) is 0 Å². The molecule has 4 rings (SSSR count). The number of nitrogens with zero attached hydrogens (tertiary/aromatic N) is 3. The number of carbonyl (C=O) groups is 1. The molecule has 24 heavy (non-hydrogen) atoms. The number of thiophene rings is 1. The lowest BCUT2D eigenvalue weighted by Gasteiger charge is -2.34. The second-order valence-corrected chi connectivity index (χ2v) is 8.35. The van der Waals surface area contributed by atoms with E-state index >= 15 is 0 Å². The average Bonchev–Trinajstić information content (AvgIpc) is 3.18. The van der Waals surface area contributed by atoms with Crippen LogP contribution in [0.25, 0.3) is 0 Å². The van der Waals surface area contributed by atoms with Gasteiger partial charge in [0.2, 0.25) is 5.91 Å². The minimum absolute atomic E-state index is 0.182. The van der Waals surface area contributed by atoms with Crippen LogP contribution in [0, 0.1) is 18.8 Å². The van der Waals surface area contributed by atoms with Gasteiger partial charge in [0.15, 0.2) is 0 Å². The number of rotatable bonds is 4. The van der Waals surface area contributed by atoms with Gasteiger partial charge in [-0.3, -0.25) is 14.7 Å². The number of carbonyl (C=O) groups excluding carboxylic acids is 1. The molecular formula is C19H23N3OS. The fourth-order valence-corrected chi connectivity index (χ4v) is 4.92. The average molecular weight is 341 g/mol. The van der Waals surface area contributed by atoms with Crippen molar-refractivity contribution < 1.29 is 4.79 Å². The number of pyridine rings is 1. The topological polar surface area (TPSA) is 36.4 Å². The van der Waals surface area contributed by atoms with E-state index in [0.717, 1.165) is 32.6 Å². The number of amides is 1. The van der Waals surface area contributed by atoms with Crippen molar-refractivity contribution in [3.05, 3.63) is 52.0 Å². The molecule has 2 fully saturated rings. The summed E-state index contributed by atoms with van der Waals surface area (Å²) in [5.74, 6) is 1.06. The van der Waals surface area contributed by atoms with Gasteiger partial charge in [-0.2, -0.15) is 0 Å². The molecule has 126 valence electrons. The maximum atomic E-state index is 12.9. The van der Waals surface area contributed by atoms with Crippen LogP contribution in [0.5, 0.6) is 0 Å². The van der Waals surface area contributed by atoms with Crippen molar-refractivity contribution in [3.8, 4) is 0 Å². The van der Waals surface area contributed by atoms with Crippen LogP contribution >= 0.6 is 11.3 Å². The fourth-order valence-electron chi connectivity index (χ4n) is 3.98. The third kappa shape index (κ3) is 3.23. The van der Waals surface area contributed by atoms with E-state index in [2.05, 4.69) is 28.9 Å². The van der Waals surface area contributed by atoms with Gasteiger partial charge in [0, 0.05) is 54.9 Å². The minimum atomic E-state index is 0.182. The van der Waals surface area contributed by atoms with Crippen molar-refractivity contribution in [2.75, 3.05) is 19.6 Å². The molecule has 1 amide bonds. The summed E-state index contributed by atoms with van der Waals surface area (Å²) in [6.07, 6.45) is 4.72. The number of fused-ring (bicyclic) bond motifs is 1. The summed E-state index contributed by atoms with van der Waals surface area (Å²) in [4.78, 5) is 24.2. The monoisotopic (exact) mass is 341 g/mol. The SMILES string of the molecule is Cc1ccc(CN2C[C@H]3CCN(Cc4ccncc4)C(=O)[C@@H]3C2)s1. The summed E-state index contributed by atoms with van der Waals surface area (Å²) in [5, 5.41) is 0. The van der Waals surface area contributed by atoms with E-state index < -0.39 is 0 Å². The summed E-state index contributed by atoms with van der Waals surface area (Å²) in [7, 11) is 0. The Morgan fingerprint density at radius 1 is 1.17 bits per heavy atom. The summed E-state index contributed by atoms with van der Waals surface area (Å²) >= 11 is 1.87. The Hall–Kier alpha value is -1.72. The molecule has 0 N–H and O–H groups in total. The zero-order chi connectivity index (χ0) is 16.5. The van der Waals surface area contributed by atoms with Crippen molar-refractivity contribution in [2.45, 2.75) is 26.4 Å². The van der Waals surface area contributed by atoms with Crippen molar-refractivity contribution in [2.24, 2.45) is 11.8 Å². The molecule has 2 aliphatic rings. The molecule has 0 aromatic carbocycles. The van der Waals surface area contributed by atoms with E-state index in [-0.39, 0.29) is 5.92 Å². The number of hydrogen-bond donors (Lipinski definition) is 0. The van der Waals surface area contributed by atoms with Gasteiger partial charge < -0.3 is 4.90 Å². The Morgan fingerprint density at radius 3 is 2.75 bits per heavy atom. The van der Waals surface area contributed by atoms with E-state index in [1.54, 1.807) is 12.4 Å². The molecule has 0 unspecified atom stereocenters. The molecule has 2 aliphatic heterocycles. The summed E-state index contributed by atoms with van der Waals surface area (Å²) in [5.41, 5.74) is 1.17. The first-order valence-corrected chi connectivity index (χ1v) is 9.46. The lowest BCUT2D eigenvalue weighted by atomic mass is 9.88. The van der Waals surface area contributed by atoms with Crippen molar-refractivity contribution in [1.82, 2.24) is 14.8 Å². The zero-order valence-electron chi connectivity index (χ0n) is 14.0. The fraction of sp³-hybridized carbons (Fsp3) is 0.474. The Labute approximate surface area is 147 Å². The van der Waals surface area contributed by atoms with Crippen LogP contribution in [0.4, 0.5) is 0 Å². The van der Waals surface area contributed by atoms with Gasteiger partial charge >= 0.3 is 0 Å². The zero-order valence-corrected chi connectivity index (χ0v) is 14.8. The van der Waals surface area contributed by atoms with Gasteiger partial charge in [-0.25, -0.2) is 0 Å². The summed E-state index contributed by atoms with van der Waals surface area (Å²) < 4.78 is 0. The first kappa shape index (κ1) is 15.8. The maximum absolute atomic E-state index is 12.9. The lowest BCUT2D eigenvalue weighted by molar-refractivity contribution is -0.140. The molecule has 5 heteroatoms. The maximum Gasteiger partial charge on any atom is 0.227 e. The molecule has 0 spiro atoms. The highest BCUT2D eigenvalue weighted by molar-refractivity contribution is 7.11. The van der Waals surface area contributed by atoms with Crippen LogP contribution in [-0.4, -0.2) is 40.3 Å². The van der Waals surface area contributed by atoms with Gasteiger partial charge in [-0.05, 0) is 49.1 Å². The molecule has 0 aliphatic carbocycles. The predicted octanol–water partition coefficient (Wildman–Crippen LogP) is 2.93. The Bertz CT molecular complexity index is 714. The molecular weight excluding hydrogens is 318 g/mol. The quantitative estimate of drug-likeness (QED) is 0.858. The van der Waals surface area contributed by atoms with E-state index in [4.69, 9.17) is 0 Å². The molecule has 4 heterocycles. The number of hydrogen-bond acceptors (Lipinski definition) is 4. The highest BCUT2D eigenvalue weighted by Crippen LogP contribution is 2.34. The molecule has 2 atom stereocenters.